The zero-order chi connectivity index (χ0) is 15.6. The van der Waals surface area contributed by atoms with Gasteiger partial charge in [0.15, 0.2) is 0 Å². The number of nitrogens with one attached hydrogen (secondary N) is 1. The first-order chi connectivity index (χ1) is 9.88. The first-order valence-electron chi connectivity index (χ1n) is 6.08. The molecule has 0 saturated carbocycles. The molecule has 110 valence electrons. The van der Waals surface area contributed by atoms with Crippen LogP contribution in [0.5, 0.6) is 5.75 Å². The molecule has 2 aromatic rings. The summed E-state index contributed by atoms with van der Waals surface area (Å²) < 4.78 is 0. The van der Waals surface area contributed by atoms with Crippen molar-refractivity contribution in [3.05, 3.63) is 50.0 Å². The van der Waals surface area contributed by atoms with Crippen LogP contribution in [0.4, 0.5) is 5.69 Å². The Kier molecular flexibility index (Phi) is 4.18. The summed E-state index contributed by atoms with van der Waals surface area (Å²) in [6.07, 6.45) is 0. The van der Waals surface area contributed by atoms with Crippen molar-refractivity contribution in [2.45, 2.75) is 19.9 Å². The number of nitrogens with zero attached hydrogens (tertiary/aromatic N) is 2. The third-order valence-electron chi connectivity index (χ3n) is 2.78. The minimum absolute atomic E-state index is 0.180. The van der Waals surface area contributed by atoms with Gasteiger partial charge in [0.1, 0.15) is 16.3 Å². The zero-order valence-corrected chi connectivity index (χ0v) is 12.2. The summed E-state index contributed by atoms with van der Waals surface area (Å²) in [5.41, 5.74) is 0.312. The zero-order valence-electron chi connectivity index (χ0n) is 11.4. The van der Waals surface area contributed by atoms with E-state index in [1.54, 1.807) is 6.92 Å². The van der Waals surface area contributed by atoms with Gasteiger partial charge in [-0.3, -0.25) is 14.9 Å². The number of hydrogen-bond donors (Lipinski definition) is 2. The predicted molar refractivity (Wildman–Crippen MR) is 77.5 cm³/mol. The Hall–Kier alpha value is -2.48. The van der Waals surface area contributed by atoms with Gasteiger partial charge in [0.05, 0.1) is 11.0 Å². The molecule has 1 atom stereocenters. The van der Waals surface area contributed by atoms with Gasteiger partial charge in [-0.25, -0.2) is 4.98 Å². The molecule has 7 nitrogen and oxygen atoms in total. The van der Waals surface area contributed by atoms with E-state index < -0.39 is 10.8 Å². The maximum atomic E-state index is 12.2. The Labute approximate surface area is 124 Å². The lowest BCUT2D eigenvalue weighted by Crippen LogP contribution is -2.27. The summed E-state index contributed by atoms with van der Waals surface area (Å²) in [4.78, 5) is 26.7. The van der Waals surface area contributed by atoms with Crippen molar-refractivity contribution in [1.82, 2.24) is 10.3 Å². The maximum absolute atomic E-state index is 12.2. The van der Waals surface area contributed by atoms with Crippen molar-refractivity contribution in [3.8, 4) is 5.75 Å². The summed E-state index contributed by atoms with van der Waals surface area (Å²) in [5, 5.41) is 25.5. The first kappa shape index (κ1) is 14.9. The molecule has 2 rings (SSSR count). The third kappa shape index (κ3) is 3.34. The fourth-order valence-corrected chi connectivity index (χ4v) is 2.58. The summed E-state index contributed by atoms with van der Waals surface area (Å²) in [7, 11) is 0. The number of nitro benzene ring substituents is 1. The van der Waals surface area contributed by atoms with Gasteiger partial charge >= 0.3 is 0 Å². The number of carbonyl (C=O) groups is 1. The Balaban J connectivity index is 2.24. The normalized spacial score (nSPS) is 11.9. The second kappa shape index (κ2) is 5.88. The molecule has 0 saturated heterocycles. The number of aromatic hydroxyl groups is 1. The minimum Gasteiger partial charge on any atom is -0.508 e. The number of carbonyl (C=O) groups excluding carboxylic acids is 1. The van der Waals surface area contributed by atoms with E-state index in [1.807, 2.05) is 12.3 Å². The van der Waals surface area contributed by atoms with Crippen molar-refractivity contribution < 1.29 is 14.8 Å². The van der Waals surface area contributed by atoms with Crippen LogP contribution in [0.25, 0.3) is 0 Å². The lowest BCUT2D eigenvalue weighted by molar-refractivity contribution is -0.385. The molecule has 0 aliphatic rings. The second-order valence-electron chi connectivity index (χ2n) is 4.48. The fourth-order valence-electron chi connectivity index (χ4n) is 1.77. The lowest BCUT2D eigenvalue weighted by Gasteiger charge is -2.11. The number of nitro groups is 1. The standard InChI is InChI=1S/C13H13N3O4S/c1-7-6-21-13(14-7)8(2)15-12(18)10-5-9(17)3-4-11(10)16(19)20/h3-6,8,17H,1-2H3,(H,15,18). The molecule has 8 heteroatoms. The molecule has 0 aliphatic heterocycles. The van der Waals surface area contributed by atoms with Gasteiger partial charge in [-0.1, -0.05) is 0 Å². The van der Waals surface area contributed by atoms with Gasteiger partial charge < -0.3 is 10.4 Å². The Bertz CT molecular complexity index is 698. The van der Waals surface area contributed by atoms with Crippen LogP contribution < -0.4 is 5.32 Å². The third-order valence-corrected chi connectivity index (χ3v) is 3.92. The summed E-state index contributed by atoms with van der Waals surface area (Å²) in [6.45, 7) is 3.58. The van der Waals surface area contributed by atoms with Crippen LogP contribution in [0.15, 0.2) is 23.6 Å². The Morgan fingerprint density at radius 3 is 2.81 bits per heavy atom. The van der Waals surface area contributed by atoms with Crippen molar-refractivity contribution in [2.24, 2.45) is 0 Å². The number of thiazole rings is 1. The van der Waals surface area contributed by atoms with Gasteiger partial charge in [0.25, 0.3) is 11.6 Å². The van der Waals surface area contributed by atoms with Gasteiger partial charge in [-0.05, 0) is 26.0 Å². The molecule has 1 aromatic carbocycles. The quantitative estimate of drug-likeness (QED) is 0.667. The molecule has 1 amide bonds. The highest BCUT2D eigenvalue weighted by Gasteiger charge is 2.23. The van der Waals surface area contributed by atoms with E-state index in [1.165, 1.54) is 17.4 Å². The van der Waals surface area contributed by atoms with Gasteiger partial charge in [-0.2, -0.15) is 0 Å². The molecule has 0 bridgehead atoms. The molecule has 1 unspecified atom stereocenters. The Morgan fingerprint density at radius 1 is 1.52 bits per heavy atom. The summed E-state index contributed by atoms with van der Waals surface area (Å²) >= 11 is 1.40. The molecule has 1 aromatic heterocycles. The van der Waals surface area contributed by atoms with Gasteiger partial charge in [-0.15, -0.1) is 11.3 Å². The monoisotopic (exact) mass is 307 g/mol. The largest absolute Gasteiger partial charge is 0.508 e. The predicted octanol–water partition coefficient (Wildman–Crippen LogP) is 2.56. The first-order valence-corrected chi connectivity index (χ1v) is 6.96. The van der Waals surface area contributed by atoms with E-state index in [2.05, 4.69) is 10.3 Å². The van der Waals surface area contributed by atoms with Crippen LogP contribution in [-0.4, -0.2) is 20.9 Å². The van der Waals surface area contributed by atoms with Gasteiger partial charge in [0, 0.05) is 17.1 Å². The topological polar surface area (TPSA) is 105 Å². The molecule has 1 heterocycles. The highest BCUT2D eigenvalue weighted by molar-refractivity contribution is 7.09. The van der Waals surface area contributed by atoms with Crippen LogP contribution in [0, 0.1) is 17.0 Å². The molecule has 0 spiro atoms. The van der Waals surface area contributed by atoms with E-state index in [0.717, 1.165) is 17.8 Å². The Morgan fingerprint density at radius 2 is 2.24 bits per heavy atom. The average Bonchev–Trinajstić information content (AvgIpc) is 2.85. The van der Waals surface area contributed by atoms with E-state index in [9.17, 15) is 20.0 Å². The molecule has 2 N–H and O–H groups in total. The molecule has 21 heavy (non-hydrogen) atoms. The number of phenols is 1. The number of hydrogen-bond acceptors (Lipinski definition) is 6. The van der Waals surface area contributed by atoms with E-state index in [0.29, 0.717) is 5.01 Å². The number of rotatable bonds is 4. The lowest BCUT2D eigenvalue weighted by atomic mass is 10.1. The molecule has 0 fully saturated rings. The number of aryl methyl sites for hydroxylation is 1. The van der Waals surface area contributed by atoms with Crippen LogP contribution in [0.1, 0.15) is 34.0 Å². The van der Waals surface area contributed by atoms with Crippen molar-refractivity contribution in [3.63, 3.8) is 0 Å². The van der Waals surface area contributed by atoms with Gasteiger partial charge in [0.2, 0.25) is 0 Å². The van der Waals surface area contributed by atoms with Crippen molar-refractivity contribution in [1.29, 1.82) is 0 Å². The van der Waals surface area contributed by atoms with Crippen molar-refractivity contribution in [2.75, 3.05) is 0 Å². The van der Waals surface area contributed by atoms with Crippen LogP contribution >= 0.6 is 11.3 Å². The van der Waals surface area contributed by atoms with E-state index >= 15 is 0 Å². The molecular weight excluding hydrogens is 294 g/mol. The van der Waals surface area contributed by atoms with Crippen LogP contribution in [0.2, 0.25) is 0 Å². The highest BCUT2D eigenvalue weighted by atomic mass is 32.1. The second-order valence-corrected chi connectivity index (χ2v) is 5.37. The number of phenolic OH excluding ortho intramolecular Hbond substituents is 1. The fraction of sp³-hybridized carbons (Fsp3) is 0.231. The smallest absolute Gasteiger partial charge is 0.282 e. The molecule has 0 aliphatic carbocycles. The van der Waals surface area contributed by atoms with Crippen molar-refractivity contribution >= 4 is 22.9 Å². The summed E-state index contributed by atoms with van der Waals surface area (Å²) in [5.74, 6) is -0.832. The highest BCUT2D eigenvalue weighted by Crippen LogP contribution is 2.24. The number of benzene rings is 1. The maximum Gasteiger partial charge on any atom is 0.282 e. The van der Waals surface area contributed by atoms with Crippen LogP contribution in [0.3, 0.4) is 0 Å². The SMILES string of the molecule is Cc1csc(C(C)NC(=O)c2cc(O)ccc2[N+](=O)[O-])n1. The minimum atomic E-state index is -0.660. The van der Waals surface area contributed by atoms with E-state index in [4.69, 9.17) is 0 Å². The molecular formula is C13H13N3O4S. The molecule has 0 radical (unpaired) electrons. The number of aromatic nitrogens is 1. The van der Waals surface area contributed by atoms with E-state index in [-0.39, 0.29) is 23.0 Å². The number of amides is 1. The summed E-state index contributed by atoms with van der Waals surface area (Å²) in [6, 6.07) is 2.97. The average molecular weight is 307 g/mol. The van der Waals surface area contributed by atoms with Crippen LogP contribution in [-0.2, 0) is 0 Å².